The minimum Gasteiger partial charge on any atom is -0.490 e. The van der Waals surface area contributed by atoms with E-state index in [9.17, 15) is 13.6 Å². The van der Waals surface area contributed by atoms with Gasteiger partial charge in [0, 0.05) is 13.0 Å². The standard InChI is InChI=1S/C15H22F2N2O3/c1-3-21-13-9-11(6-7-12(13)22-15(16)17)10-19-14(20)5-4-8-18-2/h6-7,9,15,18H,3-5,8,10H2,1-2H3,(H,19,20). The van der Waals surface area contributed by atoms with Gasteiger partial charge in [-0.3, -0.25) is 4.79 Å². The molecule has 0 saturated carbocycles. The van der Waals surface area contributed by atoms with Gasteiger partial charge in [0.25, 0.3) is 0 Å². The zero-order chi connectivity index (χ0) is 16.4. The zero-order valence-corrected chi connectivity index (χ0v) is 12.8. The maximum absolute atomic E-state index is 12.3. The lowest BCUT2D eigenvalue weighted by Crippen LogP contribution is -2.23. The minimum atomic E-state index is -2.91. The first-order valence-electron chi connectivity index (χ1n) is 7.18. The van der Waals surface area contributed by atoms with E-state index in [4.69, 9.17) is 4.74 Å². The largest absolute Gasteiger partial charge is 0.490 e. The highest BCUT2D eigenvalue weighted by molar-refractivity contribution is 5.75. The van der Waals surface area contributed by atoms with Crippen molar-refractivity contribution in [3.05, 3.63) is 23.8 Å². The molecule has 0 atom stereocenters. The summed E-state index contributed by atoms with van der Waals surface area (Å²) >= 11 is 0. The predicted molar refractivity (Wildman–Crippen MR) is 79.3 cm³/mol. The number of benzene rings is 1. The van der Waals surface area contributed by atoms with Crippen LogP contribution in [0.15, 0.2) is 18.2 Å². The second-order valence-corrected chi connectivity index (χ2v) is 4.58. The van der Waals surface area contributed by atoms with Gasteiger partial charge in [-0.1, -0.05) is 6.07 Å². The van der Waals surface area contributed by atoms with Crippen molar-refractivity contribution in [3.63, 3.8) is 0 Å². The van der Waals surface area contributed by atoms with E-state index in [2.05, 4.69) is 15.4 Å². The highest BCUT2D eigenvalue weighted by Gasteiger charge is 2.12. The summed E-state index contributed by atoms with van der Waals surface area (Å²) in [6, 6.07) is 4.63. The molecule has 22 heavy (non-hydrogen) atoms. The molecule has 0 bridgehead atoms. The molecule has 1 aromatic rings. The second kappa shape index (κ2) is 9.94. The molecule has 0 radical (unpaired) electrons. The average molecular weight is 316 g/mol. The molecule has 0 aromatic heterocycles. The van der Waals surface area contributed by atoms with Crippen LogP contribution in [0.3, 0.4) is 0 Å². The molecule has 124 valence electrons. The number of carbonyl (C=O) groups excluding carboxylic acids is 1. The molecule has 1 amide bonds. The van der Waals surface area contributed by atoms with Gasteiger partial charge in [-0.25, -0.2) is 0 Å². The van der Waals surface area contributed by atoms with Crippen LogP contribution >= 0.6 is 0 Å². The summed E-state index contributed by atoms with van der Waals surface area (Å²) in [4.78, 5) is 11.6. The Kier molecular flexibility index (Phi) is 8.21. The molecule has 0 aliphatic rings. The van der Waals surface area contributed by atoms with Gasteiger partial charge >= 0.3 is 6.61 Å². The van der Waals surface area contributed by atoms with E-state index in [1.165, 1.54) is 6.07 Å². The first kappa shape index (κ1) is 18.2. The normalized spacial score (nSPS) is 10.6. The molecule has 0 fully saturated rings. The van der Waals surface area contributed by atoms with Crippen LogP contribution in [0.5, 0.6) is 11.5 Å². The Labute approximate surface area is 129 Å². The predicted octanol–water partition coefficient (Wildman–Crippen LogP) is 2.30. The number of amides is 1. The fraction of sp³-hybridized carbons (Fsp3) is 0.533. The Morgan fingerprint density at radius 2 is 2.09 bits per heavy atom. The van der Waals surface area contributed by atoms with Crippen LogP contribution in [-0.2, 0) is 11.3 Å². The molecule has 0 unspecified atom stereocenters. The smallest absolute Gasteiger partial charge is 0.387 e. The van der Waals surface area contributed by atoms with Gasteiger partial charge in [-0.2, -0.15) is 8.78 Å². The van der Waals surface area contributed by atoms with Gasteiger partial charge < -0.3 is 20.1 Å². The monoisotopic (exact) mass is 316 g/mol. The van der Waals surface area contributed by atoms with E-state index in [-0.39, 0.29) is 17.4 Å². The van der Waals surface area contributed by atoms with Crippen LogP contribution in [0.25, 0.3) is 0 Å². The summed E-state index contributed by atoms with van der Waals surface area (Å²) in [6.45, 7) is 0.272. The highest BCUT2D eigenvalue weighted by Crippen LogP contribution is 2.29. The Balaban J connectivity index is 2.60. The second-order valence-electron chi connectivity index (χ2n) is 4.58. The van der Waals surface area contributed by atoms with Crippen molar-refractivity contribution in [1.29, 1.82) is 0 Å². The molecule has 1 aromatic carbocycles. The van der Waals surface area contributed by atoms with E-state index in [1.54, 1.807) is 19.1 Å². The summed E-state index contributed by atoms with van der Waals surface area (Å²) in [7, 11) is 1.83. The Morgan fingerprint density at radius 1 is 1.32 bits per heavy atom. The summed E-state index contributed by atoms with van der Waals surface area (Å²) in [5.74, 6) is 0.173. The lowest BCUT2D eigenvalue weighted by Gasteiger charge is -2.13. The number of halogens is 2. The van der Waals surface area contributed by atoms with E-state index < -0.39 is 6.61 Å². The first-order valence-corrected chi connectivity index (χ1v) is 7.18. The van der Waals surface area contributed by atoms with E-state index in [1.807, 2.05) is 7.05 Å². The molecule has 2 N–H and O–H groups in total. The van der Waals surface area contributed by atoms with Crippen LogP contribution < -0.4 is 20.1 Å². The summed E-state index contributed by atoms with van der Waals surface area (Å²) in [6.07, 6.45) is 1.19. The third kappa shape index (κ3) is 6.71. The lowest BCUT2D eigenvalue weighted by atomic mass is 10.2. The van der Waals surface area contributed by atoms with Crippen LogP contribution in [0.1, 0.15) is 25.3 Å². The molecule has 0 saturated heterocycles. The van der Waals surface area contributed by atoms with Crippen molar-refractivity contribution >= 4 is 5.91 Å². The molecule has 7 heteroatoms. The van der Waals surface area contributed by atoms with E-state index >= 15 is 0 Å². The van der Waals surface area contributed by atoms with Crippen molar-refractivity contribution in [3.8, 4) is 11.5 Å². The zero-order valence-electron chi connectivity index (χ0n) is 12.8. The Bertz CT molecular complexity index is 470. The molecule has 5 nitrogen and oxygen atoms in total. The van der Waals surface area contributed by atoms with Gasteiger partial charge in [-0.15, -0.1) is 0 Å². The Morgan fingerprint density at radius 3 is 2.73 bits per heavy atom. The number of carbonyl (C=O) groups is 1. The quantitative estimate of drug-likeness (QED) is 0.650. The Hall–Kier alpha value is -1.89. The van der Waals surface area contributed by atoms with Crippen molar-refractivity contribution in [2.75, 3.05) is 20.2 Å². The molecule has 0 aliphatic carbocycles. The van der Waals surface area contributed by atoms with Crippen LogP contribution in [0.4, 0.5) is 8.78 Å². The minimum absolute atomic E-state index is 0.0130. The average Bonchev–Trinajstić information content (AvgIpc) is 2.47. The summed E-state index contributed by atoms with van der Waals surface area (Å²) in [5, 5.41) is 5.74. The molecule has 0 spiro atoms. The molecular weight excluding hydrogens is 294 g/mol. The van der Waals surface area contributed by atoms with E-state index in [0.717, 1.165) is 18.5 Å². The van der Waals surface area contributed by atoms with Crippen molar-refractivity contribution in [2.24, 2.45) is 0 Å². The number of alkyl halides is 2. The molecule has 0 aliphatic heterocycles. The number of nitrogens with one attached hydrogen (secondary N) is 2. The van der Waals surface area contributed by atoms with Crippen molar-refractivity contribution in [2.45, 2.75) is 32.9 Å². The molecule has 1 rings (SSSR count). The van der Waals surface area contributed by atoms with E-state index in [0.29, 0.717) is 19.6 Å². The van der Waals surface area contributed by atoms with Gasteiger partial charge in [0.15, 0.2) is 11.5 Å². The lowest BCUT2D eigenvalue weighted by molar-refractivity contribution is -0.121. The van der Waals surface area contributed by atoms with Crippen LogP contribution in [0, 0.1) is 0 Å². The third-order valence-corrected chi connectivity index (χ3v) is 2.84. The first-order chi connectivity index (χ1) is 10.6. The van der Waals surface area contributed by atoms with Gasteiger partial charge in [-0.05, 0) is 44.6 Å². The summed E-state index contributed by atoms with van der Waals surface area (Å²) < 4.78 is 34.3. The van der Waals surface area contributed by atoms with Crippen molar-refractivity contribution < 1.29 is 23.0 Å². The fourth-order valence-electron chi connectivity index (χ4n) is 1.84. The van der Waals surface area contributed by atoms with Gasteiger partial charge in [0.05, 0.1) is 6.61 Å². The maximum Gasteiger partial charge on any atom is 0.387 e. The van der Waals surface area contributed by atoms with Crippen molar-refractivity contribution in [1.82, 2.24) is 10.6 Å². The van der Waals surface area contributed by atoms with Gasteiger partial charge in [0.1, 0.15) is 0 Å². The number of hydrogen-bond acceptors (Lipinski definition) is 4. The summed E-state index contributed by atoms with van der Waals surface area (Å²) in [5.41, 5.74) is 0.757. The van der Waals surface area contributed by atoms with Crippen LogP contribution in [0.2, 0.25) is 0 Å². The number of hydrogen-bond donors (Lipinski definition) is 2. The third-order valence-electron chi connectivity index (χ3n) is 2.84. The molecular formula is C15H22F2N2O3. The highest BCUT2D eigenvalue weighted by atomic mass is 19.3. The number of rotatable bonds is 10. The van der Waals surface area contributed by atoms with Crippen LogP contribution in [-0.4, -0.2) is 32.7 Å². The fourth-order valence-corrected chi connectivity index (χ4v) is 1.84. The number of ether oxygens (including phenoxy) is 2. The van der Waals surface area contributed by atoms with Gasteiger partial charge in [0.2, 0.25) is 5.91 Å². The SMILES string of the molecule is CCOc1cc(CNC(=O)CCCNC)ccc1OC(F)F. The topological polar surface area (TPSA) is 59.6 Å². The maximum atomic E-state index is 12.3. The molecule has 0 heterocycles.